The molecule has 20 heavy (non-hydrogen) atoms. The fourth-order valence-electron chi connectivity index (χ4n) is 4.28. The van der Waals surface area contributed by atoms with Gasteiger partial charge in [-0.05, 0) is 44.4 Å². The molecule has 0 aromatic carbocycles. The molecule has 0 aromatic heterocycles. The molecule has 0 radical (unpaired) electrons. The number of urea groups is 1. The van der Waals surface area contributed by atoms with E-state index in [-0.39, 0.29) is 6.03 Å². The summed E-state index contributed by atoms with van der Waals surface area (Å²) in [5, 5.41) is 9.25. The van der Waals surface area contributed by atoms with Crippen molar-refractivity contribution in [1.82, 2.24) is 9.80 Å². The normalized spacial score (nSPS) is 33.9. The number of amides is 2. The number of piperidine rings is 1. The molecule has 2 aliphatic heterocycles. The van der Waals surface area contributed by atoms with E-state index in [1.54, 1.807) is 4.90 Å². The summed E-state index contributed by atoms with van der Waals surface area (Å²) in [6, 6.07) is -0.266. The number of hydrogen-bond acceptors (Lipinski definition) is 2. The van der Waals surface area contributed by atoms with Crippen LogP contribution in [0.25, 0.3) is 0 Å². The average molecular weight is 280 g/mol. The van der Waals surface area contributed by atoms with Crippen LogP contribution < -0.4 is 0 Å². The number of fused-ring (bicyclic) bond motifs is 1. The third-order valence-electron chi connectivity index (χ3n) is 5.27. The van der Waals surface area contributed by atoms with Crippen molar-refractivity contribution in [3.8, 4) is 0 Å². The number of carboxylic acids is 1. The minimum atomic E-state index is -0.854. The predicted octanol–water partition coefficient (Wildman–Crippen LogP) is 2.31. The summed E-state index contributed by atoms with van der Waals surface area (Å²) in [5.74, 6) is -0.208. The smallest absolute Gasteiger partial charge is 0.326 e. The van der Waals surface area contributed by atoms with Crippen LogP contribution in [0.2, 0.25) is 0 Å². The maximum Gasteiger partial charge on any atom is 0.326 e. The Balaban J connectivity index is 1.73. The van der Waals surface area contributed by atoms with Gasteiger partial charge in [-0.25, -0.2) is 9.59 Å². The maximum atomic E-state index is 12.8. The van der Waals surface area contributed by atoms with Gasteiger partial charge in [0.1, 0.15) is 6.04 Å². The van der Waals surface area contributed by atoms with Gasteiger partial charge in [-0.1, -0.05) is 12.8 Å². The third-order valence-corrected chi connectivity index (χ3v) is 5.27. The highest BCUT2D eigenvalue weighted by Gasteiger charge is 2.41. The second-order valence-electron chi connectivity index (χ2n) is 6.42. The summed E-state index contributed by atoms with van der Waals surface area (Å²) in [5.41, 5.74) is 0. The lowest BCUT2D eigenvalue weighted by Gasteiger charge is -2.45. The van der Waals surface area contributed by atoms with Gasteiger partial charge in [0.25, 0.3) is 0 Å². The molecule has 0 bridgehead atoms. The molecule has 2 heterocycles. The van der Waals surface area contributed by atoms with Crippen LogP contribution in [0.1, 0.15) is 51.4 Å². The molecule has 2 unspecified atom stereocenters. The van der Waals surface area contributed by atoms with Crippen LogP contribution in [0.4, 0.5) is 4.79 Å². The van der Waals surface area contributed by atoms with Gasteiger partial charge in [0.15, 0.2) is 0 Å². The predicted molar refractivity (Wildman–Crippen MR) is 74.4 cm³/mol. The summed E-state index contributed by atoms with van der Waals surface area (Å²) in [7, 11) is 0. The summed E-state index contributed by atoms with van der Waals surface area (Å²) in [6.45, 7) is 1.41. The van der Waals surface area contributed by atoms with E-state index in [4.69, 9.17) is 0 Å². The molecule has 112 valence electrons. The number of nitrogens with zero attached hydrogens (tertiary/aromatic N) is 2. The largest absolute Gasteiger partial charge is 0.480 e. The highest BCUT2D eigenvalue weighted by molar-refractivity contribution is 5.83. The van der Waals surface area contributed by atoms with Crippen molar-refractivity contribution in [1.29, 1.82) is 0 Å². The van der Waals surface area contributed by atoms with E-state index in [1.165, 1.54) is 25.7 Å². The van der Waals surface area contributed by atoms with Crippen molar-refractivity contribution >= 4 is 12.0 Å². The Morgan fingerprint density at radius 2 is 1.50 bits per heavy atom. The number of rotatable bonds is 1. The first kappa shape index (κ1) is 13.7. The molecule has 2 amide bonds. The van der Waals surface area contributed by atoms with Crippen molar-refractivity contribution in [3.63, 3.8) is 0 Å². The number of likely N-dealkylation sites (tertiary alicyclic amines) is 2. The average Bonchev–Trinajstić information content (AvgIpc) is 2.95. The second kappa shape index (κ2) is 5.62. The van der Waals surface area contributed by atoms with Gasteiger partial charge in [0.05, 0.1) is 0 Å². The number of aliphatic carboxylic acids is 1. The van der Waals surface area contributed by atoms with Gasteiger partial charge < -0.3 is 14.9 Å². The SMILES string of the molecule is O=C(O)[C@@H]1CCCN1C(=O)N1CCCC2CCCCC21. The highest BCUT2D eigenvalue weighted by atomic mass is 16.4. The van der Waals surface area contributed by atoms with Crippen LogP contribution in [-0.2, 0) is 4.79 Å². The standard InChI is InChI=1S/C15H24N2O3/c18-14(19)13-8-4-10-17(13)15(20)16-9-3-6-11-5-1-2-7-12(11)16/h11-13H,1-10H2,(H,18,19)/t11?,12?,13-/m0/s1. The zero-order valence-electron chi connectivity index (χ0n) is 12.0. The molecule has 0 spiro atoms. The molecule has 3 rings (SSSR count). The minimum Gasteiger partial charge on any atom is -0.480 e. The molecule has 1 saturated carbocycles. The highest BCUT2D eigenvalue weighted by Crippen LogP contribution is 2.36. The van der Waals surface area contributed by atoms with E-state index >= 15 is 0 Å². The third kappa shape index (κ3) is 2.38. The molecule has 1 N–H and O–H groups in total. The van der Waals surface area contributed by atoms with Gasteiger partial charge in [-0.3, -0.25) is 0 Å². The van der Waals surface area contributed by atoms with Gasteiger partial charge in [0, 0.05) is 19.1 Å². The lowest BCUT2D eigenvalue weighted by molar-refractivity contribution is -0.141. The summed E-state index contributed by atoms with van der Waals surface area (Å²) in [4.78, 5) is 27.6. The molecular weight excluding hydrogens is 256 g/mol. The molecule has 3 aliphatic rings. The Bertz CT molecular complexity index is 397. The molecule has 5 nitrogen and oxygen atoms in total. The molecule has 5 heteroatoms. The van der Waals surface area contributed by atoms with Gasteiger partial charge in [0.2, 0.25) is 0 Å². The Labute approximate surface area is 119 Å². The fourth-order valence-corrected chi connectivity index (χ4v) is 4.28. The molecule has 1 aliphatic carbocycles. The van der Waals surface area contributed by atoms with Crippen LogP contribution >= 0.6 is 0 Å². The monoisotopic (exact) mass is 280 g/mol. The van der Waals surface area contributed by atoms with Crippen LogP contribution in [-0.4, -0.2) is 52.1 Å². The van der Waals surface area contributed by atoms with Crippen LogP contribution in [0.15, 0.2) is 0 Å². The summed E-state index contributed by atoms with van der Waals surface area (Å²) >= 11 is 0. The van der Waals surface area contributed by atoms with Gasteiger partial charge >= 0.3 is 12.0 Å². The van der Waals surface area contributed by atoms with E-state index in [2.05, 4.69) is 0 Å². The van der Waals surface area contributed by atoms with Crippen molar-refractivity contribution in [3.05, 3.63) is 0 Å². The topological polar surface area (TPSA) is 60.9 Å². The zero-order valence-corrected chi connectivity index (χ0v) is 12.0. The van der Waals surface area contributed by atoms with E-state index in [9.17, 15) is 14.7 Å². The molecule has 3 atom stereocenters. The van der Waals surface area contributed by atoms with Crippen molar-refractivity contribution in [2.75, 3.05) is 13.1 Å². The van der Waals surface area contributed by atoms with Gasteiger partial charge in [-0.15, -0.1) is 0 Å². The Morgan fingerprint density at radius 3 is 2.30 bits per heavy atom. The molecule has 2 saturated heterocycles. The van der Waals surface area contributed by atoms with Gasteiger partial charge in [-0.2, -0.15) is 0 Å². The molecular formula is C15H24N2O3. The van der Waals surface area contributed by atoms with Crippen molar-refractivity contribution in [2.45, 2.75) is 63.5 Å². The summed E-state index contributed by atoms with van der Waals surface area (Å²) < 4.78 is 0. The van der Waals surface area contributed by atoms with E-state index < -0.39 is 12.0 Å². The Kier molecular flexibility index (Phi) is 3.85. The Morgan fingerprint density at radius 1 is 0.850 bits per heavy atom. The molecule has 0 aromatic rings. The maximum absolute atomic E-state index is 12.8. The zero-order chi connectivity index (χ0) is 14.1. The lowest BCUT2D eigenvalue weighted by Crippen LogP contribution is -2.56. The van der Waals surface area contributed by atoms with E-state index in [0.717, 1.165) is 25.8 Å². The Hall–Kier alpha value is -1.26. The van der Waals surface area contributed by atoms with E-state index in [1.807, 2.05) is 4.90 Å². The number of carboxylic acid groups (broad SMARTS) is 1. The minimum absolute atomic E-state index is 0.0218. The van der Waals surface area contributed by atoms with Crippen LogP contribution in [0.3, 0.4) is 0 Å². The quantitative estimate of drug-likeness (QED) is 0.801. The number of carbonyl (C=O) groups excluding carboxylic acids is 1. The lowest BCUT2D eigenvalue weighted by atomic mass is 9.78. The second-order valence-corrected chi connectivity index (χ2v) is 6.42. The van der Waals surface area contributed by atoms with E-state index in [0.29, 0.717) is 24.9 Å². The fraction of sp³-hybridized carbons (Fsp3) is 0.867. The summed E-state index contributed by atoms with van der Waals surface area (Å²) in [6.07, 6.45) is 8.53. The number of carbonyl (C=O) groups is 2. The first-order valence-corrected chi connectivity index (χ1v) is 7.98. The molecule has 3 fully saturated rings. The van der Waals surface area contributed by atoms with Crippen molar-refractivity contribution < 1.29 is 14.7 Å². The van der Waals surface area contributed by atoms with Crippen molar-refractivity contribution in [2.24, 2.45) is 5.92 Å². The number of hydrogen-bond donors (Lipinski definition) is 1. The van der Waals surface area contributed by atoms with Crippen LogP contribution in [0, 0.1) is 5.92 Å². The first-order valence-electron chi connectivity index (χ1n) is 7.98. The van der Waals surface area contributed by atoms with Crippen LogP contribution in [0.5, 0.6) is 0 Å². The first-order chi connectivity index (χ1) is 9.68.